The second-order valence-electron chi connectivity index (χ2n) is 5.50. The first-order valence-corrected chi connectivity index (χ1v) is 10.1. The topological polar surface area (TPSA) is 68.5 Å². The number of thiazole rings is 1. The molecule has 1 amide bonds. The van der Waals surface area contributed by atoms with Gasteiger partial charge in [0.05, 0.1) is 21.7 Å². The van der Waals surface area contributed by atoms with E-state index < -0.39 is 15.7 Å². The van der Waals surface area contributed by atoms with Crippen molar-refractivity contribution in [2.75, 3.05) is 6.26 Å². The van der Waals surface area contributed by atoms with Crippen molar-refractivity contribution in [2.24, 2.45) is 4.99 Å². The standard InChI is InChI=1S/C18H13FN2O3S2/c1-3-10-21-15-9-6-13(19)11-16(15)25-18(21)20-17(22)12-4-7-14(8-5-12)26(2,23)24/h1,4-9,11H,10H2,2H3. The summed E-state index contributed by atoms with van der Waals surface area (Å²) in [5.74, 6) is 1.57. The van der Waals surface area contributed by atoms with E-state index in [0.29, 0.717) is 15.0 Å². The highest BCUT2D eigenvalue weighted by molar-refractivity contribution is 7.90. The summed E-state index contributed by atoms with van der Waals surface area (Å²) < 4.78 is 38.7. The number of hydrogen-bond donors (Lipinski definition) is 0. The molecule has 8 heteroatoms. The number of amides is 1. The summed E-state index contributed by atoms with van der Waals surface area (Å²) in [6.07, 6.45) is 6.48. The number of carbonyl (C=O) groups excluding carboxylic acids is 1. The van der Waals surface area contributed by atoms with E-state index in [1.807, 2.05) is 0 Å². The van der Waals surface area contributed by atoms with Gasteiger partial charge in [0.2, 0.25) is 0 Å². The van der Waals surface area contributed by atoms with Gasteiger partial charge in [0.25, 0.3) is 5.91 Å². The van der Waals surface area contributed by atoms with Crippen molar-refractivity contribution in [1.82, 2.24) is 4.57 Å². The molecule has 0 fully saturated rings. The van der Waals surface area contributed by atoms with Crippen LogP contribution in [0.25, 0.3) is 10.2 Å². The quantitative estimate of drug-likeness (QED) is 0.648. The minimum atomic E-state index is -3.34. The SMILES string of the molecule is C#CCn1c(=NC(=O)c2ccc(S(C)(=O)=O)cc2)sc2cc(F)ccc21. The van der Waals surface area contributed by atoms with Crippen LogP contribution in [0.4, 0.5) is 4.39 Å². The lowest BCUT2D eigenvalue weighted by Crippen LogP contribution is -2.16. The van der Waals surface area contributed by atoms with E-state index in [1.165, 1.54) is 36.4 Å². The van der Waals surface area contributed by atoms with Gasteiger partial charge in [0, 0.05) is 11.8 Å². The minimum absolute atomic E-state index is 0.119. The fourth-order valence-electron chi connectivity index (χ4n) is 2.37. The van der Waals surface area contributed by atoms with E-state index in [2.05, 4.69) is 10.9 Å². The van der Waals surface area contributed by atoms with Gasteiger partial charge in [-0.15, -0.1) is 6.42 Å². The molecular formula is C18H13FN2O3S2. The molecule has 0 saturated carbocycles. The summed E-state index contributed by atoms with van der Waals surface area (Å²) in [4.78, 5) is 17.0. The van der Waals surface area contributed by atoms with Gasteiger partial charge in [-0.2, -0.15) is 4.99 Å². The molecule has 0 radical (unpaired) electrons. The number of sulfone groups is 1. The van der Waals surface area contributed by atoms with Crippen molar-refractivity contribution in [3.8, 4) is 12.3 Å². The van der Waals surface area contributed by atoms with E-state index in [-0.39, 0.29) is 22.8 Å². The summed E-state index contributed by atoms with van der Waals surface area (Å²) in [7, 11) is -3.34. The van der Waals surface area contributed by atoms with Gasteiger partial charge in [-0.3, -0.25) is 4.79 Å². The number of carbonyl (C=O) groups is 1. The van der Waals surface area contributed by atoms with Crippen molar-refractivity contribution in [3.05, 3.63) is 58.6 Å². The molecule has 132 valence electrons. The fraction of sp³-hybridized carbons (Fsp3) is 0.111. The first-order valence-electron chi connectivity index (χ1n) is 7.41. The average Bonchev–Trinajstić information content (AvgIpc) is 2.91. The maximum atomic E-state index is 13.4. The van der Waals surface area contributed by atoms with Crippen LogP contribution in [0.5, 0.6) is 0 Å². The average molecular weight is 388 g/mol. The zero-order chi connectivity index (χ0) is 18.9. The third-order valence-electron chi connectivity index (χ3n) is 3.62. The monoisotopic (exact) mass is 388 g/mol. The molecule has 1 heterocycles. The number of hydrogen-bond acceptors (Lipinski definition) is 4. The Morgan fingerprint density at radius 2 is 1.96 bits per heavy atom. The molecule has 0 N–H and O–H groups in total. The third kappa shape index (κ3) is 3.59. The molecule has 0 bridgehead atoms. The van der Waals surface area contributed by atoms with Crippen LogP contribution in [0.15, 0.2) is 52.4 Å². The Hall–Kier alpha value is -2.76. The lowest BCUT2D eigenvalue weighted by Gasteiger charge is -2.01. The van der Waals surface area contributed by atoms with Gasteiger partial charge in [-0.25, -0.2) is 12.8 Å². The van der Waals surface area contributed by atoms with Gasteiger partial charge < -0.3 is 4.57 Å². The highest BCUT2D eigenvalue weighted by Gasteiger charge is 2.11. The van der Waals surface area contributed by atoms with Crippen LogP contribution in [-0.4, -0.2) is 25.1 Å². The molecule has 2 aromatic carbocycles. The fourth-order valence-corrected chi connectivity index (χ4v) is 4.06. The highest BCUT2D eigenvalue weighted by Crippen LogP contribution is 2.19. The molecule has 26 heavy (non-hydrogen) atoms. The Labute approximate surface area is 153 Å². The number of terminal acetylenes is 1. The summed E-state index contributed by atoms with van der Waals surface area (Å²) in [6, 6.07) is 9.78. The Balaban J connectivity index is 2.08. The Bertz CT molecular complexity index is 1210. The summed E-state index contributed by atoms with van der Waals surface area (Å²) in [6.45, 7) is 0.185. The van der Waals surface area contributed by atoms with Gasteiger partial charge in [-0.1, -0.05) is 17.3 Å². The first-order chi connectivity index (χ1) is 12.3. The second kappa shape index (κ2) is 6.86. The Kier molecular flexibility index (Phi) is 4.76. The zero-order valence-electron chi connectivity index (χ0n) is 13.6. The van der Waals surface area contributed by atoms with Crippen molar-refractivity contribution in [3.63, 3.8) is 0 Å². The van der Waals surface area contributed by atoms with Crippen molar-refractivity contribution < 1.29 is 17.6 Å². The molecule has 5 nitrogen and oxygen atoms in total. The molecule has 0 aliphatic carbocycles. The molecule has 0 spiro atoms. The Morgan fingerprint density at radius 3 is 2.58 bits per heavy atom. The minimum Gasteiger partial charge on any atom is -0.305 e. The summed E-state index contributed by atoms with van der Waals surface area (Å²) in [5.41, 5.74) is 0.932. The second-order valence-corrected chi connectivity index (χ2v) is 8.53. The number of rotatable bonds is 3. The third-order valence-corrected chi connectivity index (χ3v) is 5.79. The molecule has 0 aliphatic heterocycles. The summed E-state index contributed by atoms with van der Waals surface area (Å²) in [5, 5.41) is 0. The van der Waals surface area contributed by atoms with Crippen LogP contribution in [0.3, 0.4) is 0 Å². The van der Waals surface area contributed by atoms with Crippen LogP contribution in [0, 0.1) is 18.2 Å². The number of fused-ring (bicyclic) bond motifs is 1. The van der Waals surface area contributed by atoms with E-state index in [0.717, 1.165) is 17.6 Å². The van der Waals surface area contributed by atoms with Gasteiger partial charge >= 0.3 is 0 Å². The lowest BCUT2D eigenvalue weighted by molar-refractivity contribution is 0.0998. The maximum absolute atomic E-state index is 13.4. The van der Waals surface area contributed by atoms with Crippen LogP contribution < -0.4 is 4.80 Å². The molecule has 0 aliphatic rings. The van der Waals surface area contributed by atoms with Crippen molar-refractivity contribution >= 4 is 37.3 Å². The normalized spacial score (nSPS) is 12.3. The predicted octanol–water partition coefficient (Wildman–Crippen LogP) is 2.62. The first kappa shape index (κ1) is 18.0. The number of aromatic nitrogens is 1. The maximum Gasteiger partial charge on any atom is 0.279 e. The van der Waals surface area contributed by atoms with E-state index in [9.17, 15) is 17.6 Å². The predicted molar refractivity (Wildman–Crippen MR) is 98.1 cm³/mol. The largest absolute Gasteiger partial charge is 0.305 e. The van der Waals surface area contributed by atoms with E-state index in [1.54, 1.807) is 10.6 Å². The van der Waals surface area contributed by atoms with Gasteiger partial charge in [-0.05, 0) is 42.5 Å². The van der Waals surface area contributed by atoms with Crippen LogP contribution >= 0.6 is 11.3 Å². The lowest BCUT2D eigenvalue weighted by atomic mass is 10.2. The molecular weight excluding hydrogens is 375 g/mol. The smallest absolute Gasteiger partial charge is 0.279 e. The number of nitrogens with zero attached hydrogens (tertiary/aromatic N) is 2. The summed E-state index contributed by atoms with van der Waals surface area (Å²) >= 11 is 1.15. The molecule has 0 unspecified atom stereocenters. The van der Waals surface area contributed by atoms with Crippen LogP contribution in [-0.2, 0) is 16.4 Å². The van der Waals surface area contributed by atoms with Crippen LogP contribution in [0.2, 0.25) is 0 Å². The van der Waals surface area contributed by atoms with E-state index in [4.69, 9.17) is 6.42 Å². The van der Waals surface area contributed by atoms with Gasteiger partial charge in [0.1, 0.15) is 5.82 Å². The molecule has 3 rings (SSSR count). The molecule has 1 aromatic heterocycles. The van der Waals surface area contributed by atoms with Crippen LogP contribution in [0.1, 0.15) is 10.4 Å². The molecule has 0 saturated heterocycles. The number of benzene rings is 2. The molecule has 3 aromatic rings. The number of halogens is 1. The zero-order valence-corrected chi connectivity index (χ0v) is 15.3. The van der Waals surface area contributed by atoms with Crippen molar-refractivity contribution in [2.45, 2.75) is 11.4 Å². The van der Waals surface area contributed by atoms with Crippen molar-refractivity contribution in [1.29, 1.82) is 0 Å². The van der Waals surface area contributed by atoms with E-state index >= 15 is 0 Å². The van der Waals surface area contributed by atoms with Gasteiger partial charge in [0.15, 0.2) is 14.6 Å². The molecule has 0 atom stereocenters. The Morgan fingerprint density at radius 1 is 1.27 bits per heavy atom. The highest BCUT2D eigenvalue weighted by atomic mass is 32.2.